The number of aromatic carboxylic acids is 1. The van der Waals surface area contributed by atoms with Crippen LogP contribution in [0.15, 0.2) is 79.0 Å². The summed E-state index contributed by atoms with van der Waals surface area (Å²) in [5.41, 5.74) is 10.8. The third-order valence-electron chi connectivity index (χ3n) is 18.2. The third kappa shape index (κ3) is 12.8. The second kappa shape index (κ2) is 24.8. The number of para-hydroxylation sites is 1. The van der Waals surface area contributed by atoms with E-state index in [1.807, 2.05) is 59.0 Å². The number of nitrogens with one attached hydrogen (secondary N) is 1. The van der Waals surface area contributed by atoms with Crippen LogP contribution >= 0.6 is 11.3 Å². The van der Waals surface area contributed by atoms with Crippen molar-refractivity contribution in [1.29, 1.82) is 0 Å². The number of aromatic nitrogens is 4. The Hall–Kier alpha value is -7.13. The van der Waals surface area contributed by atoms with Crippen molar-refractivity contribution in [2.75, 3.05) is 56.2 Å². The predicted octanol–water partition coefficient (Wildman–Crippen LogP) is 5.91. The number of ether oxygens (including phenoxy) is 4. The van der Waals surface area contributed by atoms with Gasteiger partial charge in [0.1, 0.15) is 36.5 Å². The van der Waals surface area contributed by atoms with Gasteiger partial charge < -0.3 is 70.2 Å². The molecule has 4 saturated carbocycles. The maximum absolute atomic E-state index is 14.2. The molecule has 0 radical (unpaired) electrons. The molecule has 12 rings (SSSR count). The largest absolute Gasteiger partial charge is 0.479 e. The average Bonchev–Trinajstić information content (AvgIpc) is 0.727. The molecule has 6 aromatic rings. The molecular weight excluding hydrogens is 1140 g/mol. The molecule has 3 aromatic heterocycles. The van der Waals surface area contributed by atoms with Gasteiger partial charge in [0.05, 0.1) is 28.6 Å². The van der Waals surface area contributed by atoms with Crippen molar-refractivity contribution in [3.63, 3.8) is 0 Å². The quantitative estimate of drug-likeness (QED) is 0.0360. The number of benzene rings is 3. The van der Waals surface area contributed by atoms with Crippen LogP contribution in [0, 0.1) is 29.1 Å². The molecule has 3 aromatic carbocycles. The highest BCUT2D eigenvalue weighted by Gasteiger charge is 2.66. The van der Waals surface area contributed by atoms with E-state index in [9.17, 15) is 54.9 Å². The molecule has 5 heterocycles. The highest BCUT2D eigenvalue weighted by atomic mass is 32.1. The molecule has 6 aliphatic rings. The number of fused-ring (bicyclic) bond motifs is 2. The third-order valence-corrected chi connectivity index (χ3v) is 19.2. The molecule has 2 aliphatic heterocycles. The summed E-state index contributed by atoms with van der Waals surface area (Å²) >= 11 is 1.41. The van der Waals surface area contributed by atoms with Crippen LogP contribution in [0.3, 0.4) is 0 Å². The van der Waals surface area contributed by atoms with Gasteiger partial charge in [0.25, 0.3) is 5.91 Å². The van der Waals surface area contributed by atoms with E-state index < -0.39 is 73.5 Å². The van der Waals surface area contributed by atoms with E-state index >= 15 is 0 Å². The van der Waals surface area contributed by atoms with Crippen molar-refractivity contribution in [1.82, 2.24) is 24.6 Å². The molecule has 4 bridgehead atoms. The first-order valence-corrected chi connectivity index (χ1v) is 30.4. The number of carbonyl (C=O) groups is 4. The van der Waals surface area contributed by atoms with Crippen LogP contribution < -0.4 is 20.7 Å². The van der Waals surface area contributed by atoms with Crippen LogP contribution in [0.2, 0.25) is 0 Å². The number of pyridine rings is 1. The lowest BCUT2D eigenvalue weighted by molar-refractivity contribution is -0.271. The number of carboxylic acid groups (broad SMARTS) is 2. The lowest BCUT2D eigenvalue weighted by atomic mass is 9.39. The first kappa shape index (κ1) is 61.5. The number of aliphatic hydroxyl groups is 5. The fourth-order valence-corrected chi connectivity index (χ4v) is 16.2. The van der Waals surface area contributed by atoms with Gasteiger partial charge in [0.2, 0.25) is 6.29 Å². The molecule has 0 spiro atoms. The number of thiazole rings is 1. The number of nitrogens with zero attached hydrogens (tertiary/aromatic N) is 6. The average molecular weight is 1220 g/mol. The van der Waals surface area contributed by atoms with E-state index in [2.05, 4.69) is 24.1 Å². The number of carboxylic acids is 2. The summed E-state index contributed by atoms with van der Waals surface area (Å²) in [7, 11) is 0. The molecule has 24 heteroatoms. The molecule has 4 aliphatic carbocycles. The van der Waals surface area contributed by atoms with Gasteiger partial charge in [-0.3, -0.25) is 14.8 Å². The molecule has 464 valence electrons. The molecule has 87 heavy (non-hydrogen) atoms. The zero-order valence-electron chi connectivity index (χ0n) is 49.0. The van der Waals surface area contributed by atoms with Crippen LogP contribution in [0.5, 0.6) is 5.75 Å². The summed E-state index contributed by atoms with van der Waals surface area (Å²) < 4.78 is 27.3. The molecule has 2 unspecified atom stereocenters. The molecule has 2 amide bonds. The maximum Gasteiger partial charge on any atom is 0.410 e. The standard InChI is InChI=1S/C63H76N8O15S/c1-36-43(41-15-16-48(67-49(41)55(78)79)69-19-17-39-9-6-10-42(44(39)25-69)54(77)68-58-66-45-11-4-5-12-47(45)87-58)23-65-71(36)35-62-30-60(2)29-61(3,31-62)33-63(32-60,34-62)84-21-20-70(24-38(26-72)27-73)59(82)83-28-40-14-13-37(8-7-18-64)22-46(40)85-57-52(76)50(74)51(75)53(86-57)56(80)81/h4-6,9-16,22-23,38,50-53,57,72-76H,7-8,17-21,24-35,64H2,1-3H3,(H,78,79)(H,80,81)(H,66,68,77)/t50-,51-,52+,53-,57+,60?,61?,62?,63?/m0/s1. The summed E-state index contributed by atoms with van der Waals surface area (Å²) in [5.74, 6) is -3.19. The summed E-state index contributed by atoms with van der Waals surface area (Å²) in [4.78, 5) is 65.7. The number of hydrogen-bond donors (Lipinski definition) is 9. The Morgan fingerprint density at radius 1 is 0.897 bits per heavy atom. The Kier molecular flexibility index (Phi) is 17.5. The van der Waals surface area contributed by atoms with Crippen LogP contribution in [0.4, 0.5) is 15.7 Å². The van der Waals surface area contributed by atoms with Gasteiger partial charge in [-0.2, -0.15) is 5.10 Å². The predicted molar refractivity (Wildman–Crippen MR) is 319 cm³/mol. The maximum atomic E-state index is 14.2. The minimum Gasteiger partial charge on any atom is -0.479 e. The Morgan fingerprint density at radius 2 is 1.67 bits per heavy atom. The molecular formula is C63H76N8O15S. The van der Waals surface area contributed by atoms with Gasteiger partial charge in [-0.25, -0.2) is 24.4 Å². The van der Waals surface area contributed by atoms with Gasteiger partial charge in [0, 0.05) is 79.8 Å². The minimum atomic E-state index is -1.93. The van der Waals surface area contributed by atoms with Crippen LogP contribution in [-0.2, 0) is 51.5 Å². The first-order chi connectivity index (χ1) is 41.6. The van der Waals surface area contributed by atoms with Crippen molar-refractivity contribution in [2.45, 2.75) is 135 Å². The molecule has 5 fully saturated rings. The van der Waals surface area contributed by atoms with Crippen molar-refractivity contribution < 1.29 is 73.9 Å². The summed E-state index contributed by atoms with van der Waals surface area (Å²) in [6.45, 7) is 7.37. The minimum absolute atomic E-state index is 0.0488. The fraction of sp³-hybridized carbons (Fsp3) is 0.508. The number of anilines is 2. The summed E-state index contributed by atoms with van der Waals surface area (Å²) in [6, 6.07) is 22.1. The number of aryl methyl sites for hydroxylation is 1. The van der Waals surface area contributed by atoms with Crippen molar-refractivity contribution >= 4 is 56.4 Å². The lowest BCUT2D eigenvalue weighted by Crippen LogP contribution is -2.64. The van der Waals surface area contributed by atoms with Crippen molar-refractivity contribution in [3.05, 3.63) is 118 Å². The zero-order valence-corrected chi connectivity index (χ0v) is 49.8. The smallest absolute Gasteiger partial charge is 0.410 e. The van der Waals surface area contributed by atoms with Gasteiger partial charge >= 0.3 is 18.0 Å². The van der Waals surface area contributed by atoms with Crippen LogP contribution in [0.1, 0.15) is 108 Å². The number of carbonyl (C=O) groups excluding carboxylic acids is 2. The number of hydrogen-bond acceptors (Lipinski definition) is 19. The molecule has 10 N–H and O–H groups in total. The van der Waals surface area contributed by atoms with Crippen LogP contribution in [-0.4, -0.2) is 167 Å². The summed E-state index contributed by atoms with van der Waals surface area (Å²) in [5, 5.41) is 80.7. The second-order valence-corrected chi connectivity index (χ2v) is 26.4. The second-order valence-electron chi connectivity index (χ2n) is 25.4. The van der Waals surface area contributed by atoms with Gasteiger partial charge in [-0.05, 0) is 141 Å². The topological polar surface area (TPSA) is 335 Å². The lowest BCUT2D eigenvalue weighted by Gasteiger charge is -2.69. The van der Waals surface area contributed by atoms with Crippen molar-refractivity contribution in [2.24, 2.45) is 27.9 Å². The van der Waals surface area contributed by atoms with E-state index in [0.29, 0.717) is 85.1 Å². The Morgan fingerprint density at radius 3 is 2.39 bits per heavy atom. The van der Waals surface area contributed by atoms with Gasteiger partial charge in [0.15, 0.2) is 16.9 Å². The highest BCUT2D eigenvalue weighted by Crippen LogP contribution is 2.72. The van der Waals surface area contributed by atoms with E-state index in [-0.39, 0.29) is 59.9 Å². The molecule has 23 nitrogen and oxygen atoms in total. The molecule has 1 saturated heterocycles. The molecule has 7 atom stereocenters. The number of aliphatic hydroxyl groups excluding tert-OH is 5. The Bertz CT molecular complexity index is 3500. The Balaban J connectivity index is 0.774. The van der Waals surface area contributed by atoms with Crippen LogP contribution in [0.25, 0.3) is 21.3 Å². The summed E-state index contributed by atoms with van der Waals surface area (Å²) in [6.07, 6.45) is -1.42. The zero-order chi connectivity index (χ0) is 61.6. The van der Waals surface area contributed by atoms with E-state index in [1.165, 1.54) is 16.2 Å². The normalized spacial score (nSPS) is 26.5. The van der Waals surface area contributed by atoms with Crippen molar-refractivity contribution in [3.8, 4) is 16.9 Å². The first-order valence-electron chi connectivity index (χ1n) is 29.6. The van der Waals surface area contributed by atoms with Gasteiger partial charge in [-0.15, -0.1) is 0 Å². The fourth-order valence-electron chi connectivity index (χ4n) is 15.3. The monoisotopic (exact) mass is 1220 g/mol. The number of rotatable bonds is 23. The number of aliphatic carboxylic acids is 1. The SMILES string of the molecule is Cc1c(-c2ccc(N3CCc4cccc(C(=O)Nc5nc6ccccc6s5)c4C3)nc2C(=O)O)cnn1CC12CC3(C)CC(C)(C1)CC(OCCN(CC(CO)CO)C(=O)OCc1ccc(CCCN)cc1O[C@@H]1O[C@H](C(=O)O)[C@@H](O)[C@H](O)[C@H]1O)(C3)C2. The van der Waals surface area contributed by atoms with E-state index in [0.717, 1.165) is 64.7 Å². The highest BCUT2D eigenvalue weighted by molar-refractivity contribution is 7.22. The van der Waals surface area contributed by atoms with E-state index in [1.54, 1.807) is 36.5 Å². The number of amides is 2. The van der Waals surface area contributed by atoms with E-state index in [4.69, 9.17) is 34.8 Å². The Labute approximate surface area is 506 Å². The number of nitrogens with two attached hydrogens (primary N) is 1. The van der Waals surface area contributed by atoms with Gasteiger partial charge in [-0.1, -0.05) is 61.6 Å².